The van der Waals surface area contributed by atoms with Crippen molar-refractivity contribution in [1.29, 1.82) is 0 Å². The maximum atomic E-state index is 11.5. The number of hydrogen-bond donors (Lipinski definition) is 2. The number of aromatic nitrogens is 4. The molecule has 0 aromatic carbocycles. The highest BCUT2D eigenvalue weighted by Crippen LogP contribution is 2.40. The Hall–Kier alpha value is -1.58. The summed E-state index contributed by atoms with van der Waals surface area (Å²) in [5, 5.41) is 0. The predicted octanol–water partition coefficient (Wildman–Crippen LogP) is 0.965. The van der Waals surface area contributed by atoms with Gasteiger partial charge in [0, 0.05) is 7.11 Å². The number of nitrogens with zero attached hydrogens (tertiary/aromatic N) is 4. The van der Waals surface area contributed by atoms with Crippen LogP contribution in [-0.4, -0.2) is 50.3 Å². The summed E-state index contributed by atoms with van der Waals surface area (Å²) in [7, 11) is -2.65. The van der Waals surface area contributed by atoms with Gasteiger partial charge in [0.2, 0.25) is 0 Å². The standard InChI is InChI=1S/C12H20N5O5P/c1-8(2)22-9(21-7-23(18,19)20-3)4-17-6-16-10-11(13)14-5-15-12(10)17/h5-6,8-9H,4,7H2,1-3H3,(H,18,19)(H2,13,14,15). The molecule has 2 aromatic heterocycles. The molecule has 3 N–H and O–H groups in total. The summed E-state index contributed by atoms with van der Waals surface area (Å²) in [6.45, 7) is 3.88. The van der Waals surface area contributed by atoms with Crippen molar-refractivity contribution >= 4 is 24.6 Å². The molecule has 0 radical (unpaired) electrons. The van der Waals surface area contributed by atoms with Crippen LogP contribution in [0.2, 0.25) is 0 Å². The zero-order chi connectivity index (χ0) is 17.0. The third-order valence-electron chi connectivity index (χ3n) is 2.91. The lowest BCUT2D eigenvalue weighted by molar-refractivity contribution is -0.160. The van der Waals surface area contributed by atoms with Gasteiger partial charge in [0.1, 0.15) is 11.8 Å². The van der Waals surface area contributed by atoms with E-state index in [0.29, 0.717) is 11.2 Å². The second-order valence-electron chi connectivity index (χ2n) is 5.06. The third-order valence-corrected chi connectivity index (χ3v) is 3.95. The maximum Gasteiger partial charge on any atom is 0.353 e. The van der Waals surface area contributed by atoms with Gasteiger partial charge in [-0.15, -0.1) is 0 Å². The van der Waals surface area contributed by atoms with Crippen molar-refractivity contribution in [2.75, 3.05) is 19.2 Å². The smallest absolute Gasteiger partial charge is 0.353 e. The molecule has 0 saturated heterocycles. The Balaban J connectivity index is 2.16. The Morgan fingerprint density at radius 2 is 2.13 bits per heavy atom. The van der Waals surface area contributed by atoms with Crippen molar-refractivity contribution in [3.8, 4) is 0 Å². The molecule has 0 aliphatic rings. The van der Waals surface area contributed by atoms with E-state index in [1.54, 1.807) is 4.57 Å². The molecule has 0 aliphatic heterocycles. The van der Waals surface area contributed by atoms with Crippen molar-refractivity contribution in [3.63, 3.8) is 0 Å². The number of imidazole rings is 1. The molecule has 0 saturated carbocycles. The molecule has 0 amide bonds. The summed E-state index contributed by atoms with van der Waals surface area (Å²) >= 11 is 0. The Bertz CT molecular complexity index is 706. The maximum absolute atomic E-state index is 11.5. The van der Waals surface area contributed by atoms with E-state index in [2.05, 4.69) is 19.5 Å². The molecule has 2 atom stereocenters. The Morgan fingerprint density at radius 3 is 2.78 bits per heavy atom. The lowest BCUT2D eigenvalue weighted by atomic mass is 10.4. The minimum atomic E-state index is -3.79. The van der Waals surface area contributed by atoms with E-state index in [9.17, 15) is 9.46 Å². The van der Waals surface area contributed by atoms with Crippen molar-refractivity contribution < 1.29 is 23.5 Å². The highest BCUT2D eigenvalue weighted by Gasteiger charge is 2.23. The van der Waals surface area contributed by atoms with Gasteiger partial charge in [-0.2, -0.15) is 0 Å². The van der Waals surface area contributed by atoms with Crippen LogP contribution in [0.1, 0.15) is 13.8 Å². The van der Waals surface area contributed by atoms with Crippen molar-refractivity contribution in [2.45, 2.75) is 32.8 Å². The van der Waals surface area contributed by atoms with Crippen LogP contribution in [0.25, 0.3) is 11.2 Å². The summed E-state index contributed by atoms with van der Waals surface area (Å²) in [5.74, 6) is 0.273. The number of ether oxygens (including phenoxy) is 2. The summed E-state index contributed by atoms with van der Waals surface area (Å²) in [6, 6.07) is 0. The lowest BCUT2D eigenvalue weighted by Gasteiger charge is -2.22. The third kappa shape index (κ3) is 4.69. The zero-order valence-corrected chi connectivity index (χ0v) is 14.0. The molecule has 10 nitrogen and oxygen atoms in total. The van der Waals surface area contributed by atoms with E-state index in [0.717, 1.165) is 7.11 Å². The molecule has 128 valence electrons. The highest BCUT2D eigenvalue weighted by atomic mass is 31.2. The van der Waals surface area contributed by atoms with Gasteiger partial charge >= 0.3 is 7.60 Å². The van der Waals surface area contributed by atoms with Crippen LogP contribution in [0, 0.1) is 0 Å². The fourth-order valence-electron chi connectivity index (χ4n) is 1.86. The highest BCUT2D eigenvalue weighted by molar-refractivity contribution is 7.52. The fourth-order valence-corrected chi connectivity index (χ4v) is 2.32. The number of anilines is 1. The average molecular weight is 345 g/mol. The first-order valence-electron chi connectivity index (χ1n) is 6.88. The monoisotopic (exact) mass is 345 g/mol. The van der Waals surface area contributed by atoms with Gasteiger partial charge in [0.05, 0.1) is 19.0 Å². The second-order valence-corrected chi connectivity index (χ2v) is 6.96. The summed E-state index contributed by atoms with van der Waals surface area (Å²) in [5.41, 5.74) is 6.74. The van der Waals surface area contributed by atoms with Gasteiger partial charge < -0.3 is 29.2 Å². The Kier molecular flexibility index (Phi) is 5.66. The zero-order valence-electron chi connectivity index (χ0n) is 13.1. The van der Waals surface area contributed by atoms with E-state index >= 15 is 0 Å². The predicted molar refractivity (Wildman–Crippen MR) is 82.5 cm³/mol. The molecule has 0 bridgehead atoms. The number of hydrogen-bond acceptors (Lipinski definition) is 8. The number of fused-ring (bicyclic) bond motifs is 1. The quantitative estimate of drug-likeness (QED) is 0.530. The van der Waals surface area contributed by atoms with Gasteiger partial charge in [-0.1, -0.05) is 0 Å². The van der Waals surface area contributed by atoms with Gasteiger partial charge in [-0.05, 0) is 13.8 Å². The topological polar surface area (TPSA) is 135 Å². The minimum absolute atomic E-state index is 0.143. The van der Waals surface area contributed by atoms with Crippen LogP contribution in [0.5, 0.6) is 0 Å². The molecule has 0 aliphatic carbocycles. The van der Waals surface area contributed by atoms with E-state index in [4.69, 9.17) is 15.2 Å². The number of nitrogen functional groups attached to an aromatic ring is 1. The van der Waals surface area contributed by atoms with Gasteiger partial charge in [0.15, 0.2) is 24.1 Å². The van der Waals surface area contributed by atoms with Crippen LogP contribution in [0.3, 0.4) is 0 Å². The SMILES string of the molecule is COP(=O)(O)COC(Cn1cnc2c(N)ncnc21)OC(C)C. The summed E-state index contributed by atoms with van der Waals surface area (Å²) in [4.78, 5) is 21.6. The molecule has 2 rings (SSSR count). The van der Waals surface area contributed by atoms with Crippen LogP contribution in [0.15, 0.2) is 12.7 Å². The summed E-state index contributed by atoms with van der Waals surface area (Å²) < 4.78 is 28.7. The first-order valence-corrected chi connectivity index (χ1v) is 8.64. The normalized spacial score (nSPS) is 15.9. The van der Waals surface area contributed by atoms with Crippen LogP contribution >= 0.6 is 7.60 Å². The molecule has 2 heterocycles. The number of rotatable bonds is 8. The largest absolute Gasteiger partial charge is 0.382 e. The number of nitrogens with two attached hydrogens (primary N) is 1. The van der Waals surface area contributed by atoms with Crippen LogP contribution in [0.4, 0.5) is 5.82 Å². The lowest BCUT2D eigenvalue weighted by Crippen LogP contribution is -2.27. The molecule has 23 heavy (non-hydrogen) atoms. The fraction of sp³-hybridized carbons (Fsp3) is 0.583. The van der Waals surface area contributed by atoms with Crippen LogP contribution < -0.4 is 5.73 Å². The average Bonchev–Trinajstić information content (AvgIpc) is 2.89. The minimum Gasteiger partial charge on any atom is -0.382 e. The molecule has 2 aromatic rings. The van der Waals surface area contributed by atoms with E-state index < -0.39 is 20.2 Å². The Labute approximate surface area is 133 Å². The van der Waals surface area contributed by atoms with E-state index in [1.807, 2.05) is 13.8 Å². The van der Waals surface area contributed by atoms with E-state index in [1.165, 1.54) is 12.7 Å². The van der Waals surface area contributed by atoms with Gasteiger partial charge in [-0.25, -0.2) is 15.0 Å². The van der Waals surface area contributed by atoms with Crippen molar-refractivity contribution in [2.24, 2.45) is 0 Å². The molecule has 11 heteroatoms. The molecular weight excluding hydrogens is 325 g/mol. The first kappa shape index (κ1) is 17.8. The summed E-state index contributed by atoms with van der Waals surface area (Å²) in [6.07, 6.45) is 1.46. The molecular formula is C12H20N5O5P. The molecule has 2 unspecified atom stereocenters. The molecule has 0 spiro atoms. The van der Waals surface area contributed by atoms with E-state index in [-0.39, 0.29) is 18.5 Å². The second kappa shape index (κ2) is 7.33. The molecule has 0 fully saturated rings. The van der Waals surface area contributed by atoms with Gasteiger partial charge in [0.25, 0.3) is 0 Å². The first-order chi connectivity index (χ1) is 10.8. The van der Waals surface area contributed by atoms with Crippen LogP contribution in [-0.2, 0) is 25.1 Å². The van der Waals surface area contributed by atoms with Crippen molar-refractivity contribution in [1.82, 2.24) is 19.5 Å². The van der Waals surface area contributed by atoms with Crippen molar-refractivity contribution in [3.05, 3.63) is 12.7 Å². The Morgan fingerprint density at radius 1 is 1.39 bits per heavy atom. The van der Waals surface area contributed by atoms with Gasteiger partial charge in [-0.3, -0.25) is 4.57 Å².